The molecular weight excluding hydrogens is 298 g/mol. The van der Waals surface area contributed by atoms with Crippen LogP contribution >= 0.6 is 11.3 Å². The minimum atomic E-state index is 0.0830. The minimum absolute atomic E-state index is 0.0830. The van der Waals surface area contributed by atoms with Crippen molar-refractivity contribution in [2.45, 2.75) is 38.8 Å². The second-order valence-electron chi connectivity index (χ2n) is 5.85. The molecular formula is C15H21N5OS. The molecule has 0 radical (unpaired) electrons. The molecule has 1 fully saturated rings. The number of carbonyl (C=O) groups excluding carboxylic acids is 1. The van der Waals surface area contributed by atoms with E-state index in [2.05, 4.69) is 29.2 Å². The smallest absolute Gasteiger partial charge is 0.257 e. The lowest BCUT2D eigenvalue weighted by atomic mass is 10.0. The van der Waals surface area contributed by atoms with Crippen LogP contribution in [0.5, 0.6) is 0 Å². The Morgan fingerprint density at radius 2 is 2.18 bits per heavy atom. The van der Waals surface area contributed by atoms with Crippen LogP contribution in [0.2, 0.25) is 0 Å². The number of hydrogen-bond donors (Lipinski definition) is 1. The van der Waals surface area contributed by atoms with E-state index in [1.54, 1.807) is 23.7 Å². The zero-order valence-corrected chi connectivity index (χ0v) is 13.7. The van der Waals surface area contributed by atoms with Crippen molar-refractivity contribution >= 4 is 22.4 Å². The van der Waals surface area contributed by atoms with E-state index in [1.165, 1.54) is 0 Å². The summed E-state index contributed by atoms with van der Waals surface area (Å²) in [5, 5.41) is 10.6. The molecule has 0 unspecified atom stereocenters. The molecule has 22 heavy (non-hydrogen) atoms. The lowest BCUT2D eigenvalue weighted by Crippen LogP contribution is -2.42. The third-order valence-corrected chi connectivity index (χ3v) is 4.62. The fraction of sp³-hybridized carbons (Fsp3) is 0.533. The van der Waals surface area contributed by atoms with Crippen LogP contribution in [-0.4, -0.2) is 44.7 Å². The van der Waals surface area contributed by atoms with Crippen LogP contribution in [0, 0.1) is 0 Å². The fourth-order valence-corrected chi connectivity index (χ4v) is 3.22. The molecule has 0 spiro atoms. The highest BCUT2D eigenvalue weighted by atomic mass is 32.1. The largest absolute Gasteiger partial charge is 0.359 e. The maximum Gasteiger partial charge on any atom is 0.257 e. The summed E-state index contributed by atoms with van der Waals surface area (Å²) in [4.78, 5) is 18.7. The van der Waals surface area contributed by atoms with E-state index >= 15 is 0 Å². The van der Waals surface area contributed by atoms with E-state index in [1.807, 2.05) is 21.2 Å². The second-order valence-corrected chi connectivity index (χ2v) is 6.75. The molecule has 0 atom stereocenters. The average Bonchev–Trinajstić information content (AvgIpc) is 3.18. The van der Waals surface area contributed by atoms with Crippen molar-refractivity contribution in [2.75, 3.05) is 18.4 Å². The van der Waals surface area contributed by atoms with Gasteiger partial charge in [0, 0.05) is 42.9 Å². The molecule has 3 heterocycles. The summed E-state index contributed by atoms with van der Waals surface area (Å²) < 4.78 is 1.82. The first kappa shape index (κ1) is 15.0. The van der Waals surface area contributed by atoms with Crippen LogP contribution in [-0.2, 0) is 0 Å². The summed E-state index contributed by atoms with van der Waals surface area (Å²) in [5.74, 6) is 0.0830. The van der Waals surface area contributed by atoms with Crippen LogP contribution in [0.4, 0.5) is 5.13 Å². The average molecular weight is 319 g/mol. The van der Waals surface area contributed by atoms with E-state index in [0.717, 1.165) is 31.1 Å². The quantitative estimate of drug-likeness (QED) is 0.941. The van der Waals surface area contributed by atoms with E-state index in [9.17, 15) is 4.79 Å². The van der Waals surface area contributed by atoms with Gasteiger partial charge in [-0.15, -0.1) is 11.3 Å². The summed E-state index contributed by atoms with van der Waals surface area (Å²) in [6, 6.07) is 0.670. The SMILES string of the molecule is CC(C)n1cc(C(=O)N2CCC(Nc3nccs3)CC2)cn1. The molecule has 118 valence electrons. The number of nitrogens with zero attached hydrogens (tertiary/aromatic N) is 4. The van der Waals surface area contributed by atoms with Gasteiger partial charge in [0.15, 0.2) is 5.13 Å². The maximum absolute atomic E-state index is 12.5. The summed E-state index contributed by atoms with van der Waals surface area (Å²) in [7, 11) is 0. The van der Waals surface area contributed by atoms with Gasteiger partial charge in [-0.2, -0.15) is 5.10 Å². The Morgan fingerprint density at radius 3 is 2.77 bits per heavy atom. The van der Waals surface area contributed by atoms with Crippen molar-refractivity contribution in [1.82, 2.24) is 19.7 Å². The summed E-state index contributed by atoms with van der Waals surface area (Å²) in [6.45, 7) is 5.65. The molecule has 0 saturated carbocycles. The van der Waals surface area contributed by atoms with E-state index in [-0.39, 0.29) is 11.9 Å². The molecule has 0 bridgehead atoms. The van der Waals surface area contributed by atoms with Gasteiger partial charge >= 0.3 is 0 Å². The van der Waals surface area contributed by atoms with Crippen LogP contribution in [0.15, 0.2) is 24.0 Å². The molecule has 1 aliphatic heterocycles. The van der Waals surface area contributed by atoms with Gasteiger partial charge in [0.05, 0.1) is 11.8 Å². The monoisotopic (exact) mass is 319 g/mol. The third-order valence-electron chi connectivity index (χ3n) is 3.92. The maximum atomic E-state index is 12.5. The second kappa shape index (κ2) is 6.48. The zero-order chi connectivity index (χ0) is 15.5. The molecule has 3 rings (SSSR count). The summed E-state index contributed by atoms with van der Waals surface area (Å²) in [5.41, 5.74) is 0.681. The molecule has 2 aromatic heterocycles. The van der Waals surface area contributed by atoms with Gasteiger partial charge < -0.3 is 10.2 Å². The van der Waals surface area contributed by atoms with Crippen molar-refractivity contribution in [1.29, 1.82) is 0 Å². The lowest BCUT2D eigenvalue weighted by Gasteiger charge is -2.32. The highest BCUT2D eigenvalue weighted by Crippen LogP contribution is 2.19. The number of thiazole rings is 1. The lowest BCUT2D eigenvalue weighted by molar-refractivity contribution is 0.0718. The number of rotatable bonds is 4. The fourth-order valence-electron chi connectivity index (χ4n) is 2.61. The van der Waals surface area contributed by atoms with Crippen molar-refractivity contribution in [3.05, 3.63) is 29.5 Å². The normalized spacial score (nSPS) is 16.2. The first-order chi connectivity index (χ1) is 10.6. The van der Waals surface area contributed by atoms with Crippen LogP contribution in [0.1, 0.15) is 43.1 Å². The van der Waals surface area contributed by atoms with Crippen molar-refractivity contribution in [3.63, 3.8) is 0 Å². The predicted molar refractivity (Wildman–Crippen MR) is 87.3 cm³/mol. The summed E-state index contributed by atoms with van der Waals surface area (Å²) >= 11 is 1.61. The number of aromatic nitrogens is 3. The topological polar surface area (TPSA) is 63.1 Å². The highest BCUT2D eigenvalue weighted by Gasteiger charge is 2.24. The number of nitrogens with one attached hydrogen (secondary N) is 1. The standard InChI is InChI=1S/C15H21N5OS/c1-11(2)20-10-12(9-17-20)14(21)19-6-3-13(4-7-19)18-15-16-5-8-22-15/h5,8-11,13H,3-4,6-7H2,1-2H3,(H,16,18). The van der Waals surface area contributed by atoms with Gasteiger partial charge in [-0.3, -0.25) is 9.48 Å². The van der Waals surface area contributed by atoms with Crippen molar-refractivity contribution in [3.8, 4) is 0 Å². The first-order valence-electron chi connectivity index (χ1n) is 7.63. The Balaban J connectivity index is 1.55. The molecule has 1 aliphatic rings. The number of carbonyl (C=O) groups is 1. The highest BCUT2D eigenvalue weighted by molar-refractivity contribution is 7.13. The van der Waals surface area contributed by atoms with Crippen LogP contribution < -0.4 is 5.32 Å². The Kier molecular flexibility index (Phi) is 4.42. The molecule has 1 N–H and O–H groups in total. The molecule has 6 nitrogen and oxygen atoms in total. The Bertz CT molecular complexity index is 614. The van der Waals surface area contributed by atoms with Crippen LogP contribution in [0.3, 0.4) is 0 Å². The molecule has 0 aliphatic carbocycles. The predicted octanol–water partition coefficient (Wildman–Crippen LogP) is 2.64. The Morgan fingerprint density at radius 1 is 1.41 bits per heavy atom. The molecule has 0 aromatic carbocycles. The number of hydrogen-bond acceptors (Lipinski definition) is 5. The van der Waals surface area contributed by atoms with Gasteiger partial charge in [-0.05, 0) is 26.7 Å². The Labute approximate surface area is 134 Å². The van der Waals surface area contributed by atoms with Gasteiger partial charge in [0.1, 0.15) is 0 Å². The molecule has 7 heteroatoms. The van der Waals surface area contributed by atoms with E-state index in [0.29, 0.717) is 11.6 Å². The minimum Gasteiger partial charge on any atom is -0.359 e. The number of likely N-dealkylation sites (tertiary alicyclic amines) is 1. The van der Waals surface area contributed by atoms with Crippen molar-refractivity contribution in [2.24, 2.45) is 0 Å². The van der Waals surface area contributed by atoms with Crippen LogP contribution in [0.25, 0.3) is 0 Å². The third kappa shape index (κ3) is 3.30. The molecule has 1 saturated heterocycles. The molecule has 2 aromatic rings. The first-order valence-corrected chi connectivity index (χ1v) is 8.51. The summed E-state index contributed by atoms with van der Waals surface area (Å²) in [6.07, 6.45) is 7.21. The van der Waals surface area contributed by atoms with E-state index < -0.39 is 0 Å². The number of anilines is 1. The van der Waals surface area contributed by atoms with Gasteiger partial charge in [0.2, 0.25) is 0 Å². The Hall–Kier alpha value is -1.89. The molecule has 1 amide bonds. The van der Waals surface area contributed by atoms with E-state index in [4.69, 9.17) is 0 Å². The van der Waals surface area contributed by atoms with Gasteiger partial charge in [0.25, 0.3) is 5.91 Å². The number of piperidine rings is 1. The van der Waals surface area contributed by atoms with Gasteiger partial charge in [-0.25, -0.2) is 4.98 Å². The van der Waals surface area contributed by atoms with Gasteiger partial charge in [-0.1, -0.05) is 0 Å². The van der Waals surface area contributed by atoms with Crippen molar-refractivity contribution < 1.29 is 4.79 Å². The number of amides is 1. The zero-order valence-electron chi connectivity index (χ0n) is 12.9.